The summed E-state index contributed by atoms with van der Waals surface area (Å²) in [4.78, 5) is 29.3. The van der Waals surface area contributed by atoms with Crippen molar-refractivity contribution in [3.05, 3.63) is 70.2 Å². The van der Waals surface area contributed by atoms with Crippen LogP contribution in [0.25, 0.3) is 0 Å². The van der Waals surface area contributed by atoms with Crippen molar-refractivity contribution in [3.8, 4) is 0 Å². The minimum Gasteiger partial charge on any atom is -0.330 e. The summed E-state index contributed by atoms with van der Waals surface area (Å²) >= 11 is 1.68. The first-order valence-corrected chi connectivity index (χ1v) is 9.37. The van der Waals surface area contributed by atoms with Crippen molar-refractivity contribution in [2.45, 2.75) is 19.4 Å². The second-order valence-corrected chi connectivity index (χ2v) is 7.28. The third-order valence-corrected chi connectivity index (χ3v) is 5.59. The first-order valence-electron chi connectivity index (χ1n) is 8.49. The van der Waals surface area contributed by atoms with E-state index in [0.717, 1.165) is 17.5 Å². The Balaban J connectivity index is 1.91. The molecule has 0 aliphatic carbocycles. The maximum atomic E-state index is 13.4. The van der Waals surface area contributed by atoms with Gasteiger partial charge in [0.15, 0.2) is 0 Å². The van der Waals surface area contributed by atoms with E-state index in [1.807, 2.05) is 11.4 Å². The van der Waals surface area contributed by atoms with Crippen molar-refractivity contribution in [2.24, 2.45) is 0 Å². The van der Waals surface area contributed by atoms with Gasteiger partial charge in [-0.3, -0.25) is 9.59 Å². The van der Waals surface area contributed by atoms with Gasteiger partial charge in [-0.1, -0.05) is 18.2 Å². The minimum absolute atomic E-state index is 0.0124. The van der Waals surface area contributed by atoms with Crippen LogP contribution in [0.15, 0.2) is 48.4 Å². The molecule has 1 aliphatic heterocycles. The molecule has 136 valence electrons. The number of thiophene rings is 1. The molecular formula is C20H21FN2O2S. The van der Waals surface area contributed by atoms with Crippen LogP contribution in [-0.2, 0) is 16.0 Å². The lowest BCUT2D eigenvalue weighted by molar-refractivity contribution is -0.140. The fourth-order valence-corrected chi connectivity index (χ4v) is 4.21. The number of carbonyl (C=O) groups is 2. The molecule has 1 aromatic carbocycles. The van der Waals surface area contributed by atoms with Crippen molar-refractivity contribution in [1.29, 1.82) is 0 Å². The lowest BCUT2D eigenvalue weighted by Crippen LogP contribution is -2.46. The van der Waals surface area contributed by atoms with Crippen LogP contribution in [-0.4, -0.2) is 41.2 Å². The summed E-state index contributed by atoms with van der Waals surface area (Å²) < 4.78 is 13.4. The van der Waals surface area contributed by atoms with E-state index < -0.39 is 0 Å². The Morgan fingerprint density at radius 3 is 2.73 bits per heavy atom. The summed E-state index contributed by atoms with van der Waals surface area (Å²) in [6.45, 7) is 6.01. The Kier molecular flexibility index (Phi) is 5.52. The molecule has 0 N–H and O–H groups in total. The molecule has 0 saturated carbocycles. The number of hydrogen-bond acceptors (Lipinski definition) is 3. The van der Waals surface area contributed by atoms with Crippen LogP contribution in [0.2, 0.25) is 0 Å². The Morgan fingerprint density at radius 1 is 1.35 bits per heavy atom. The summed E-state index contributed by atoms with van der Waals surface area (Å²) in [5, 5.41) is 2.02. The molecule has 0 saturated heterocycles. The molecule has 3 rings (SSSR count). The molecule has 0 spiro atoms. The van der Waals surface area contributed by atoms with Gasteiger partial charge < -0.3 is 9.80 Å². The van der Waals surface area contributed by atoms with Crippen molar-refractivity contribution in [3.63, 3.8) is 0 Å². The first-order chi connectivity index (χ1) is 12.5. The fourth-order valence-electron chi connectivity index (χ4n) is 3.30. The zero-order chi connectivity index (χ0) is 18.7. The highest BCUT2D eigenvalue weighted by atomic mass is 32.1. The number of halogens is 1. The van der Waals surface area contributed by atoms with Gasteiger partial charge in [-0.25, -0.2) is 4.39 Å². The molecule has 1 unspecified atom stereocenters. The quantitative estimate of drug-likeness (QED) is 0.755. The second-order valence-electron chi connectivity index (χ2n) is 6.28. The van der Waals surface area contributed by atoms with Gasteiger partial charge in [0.1, 0.15) is 12.4 Å². The molecule has 26 heavy (non-hydrogen) atoms. The van der Waals surface area contributed by atoms with Gasteiger partial charge >= 0.3 is 0 Å². The Hall–Kier alpha value is -2.47. The molecule has 2 aromatic rings. The lowest BCUT2D eigenvalue weighted by Gasteiger charge is -2.37. The van der Waals surface area contributed by atoms with Crippen LogP contribution < -0.4 is 0 Å². The molecule has 0 fully saturated rings. The third-order valence-electron chi connectivity index (χ3n) is 4.59. The number of carbonyl (C=O) groups excluding carboxylic acids is 2. The first kappa shape index (κ1) is 18.3. The predicted molar refractivity (Wildman–Crippen MR) is 100 cm³/mol. The molecule has 2 amide bonds. The maximum Gasteiger partial charge on any atom is 0.243 e. The van der Waals surface area contributed by atoms with Crippen LogP contribution in [0.4, 0.5) is 4.39 Å². The van der Waals surface area contributed by atoms with E-state index in [1.165, 1.54) is 28.8 Å². The van der Waals surface area contributed by atoms with Gasteiger partial charge in [0.25, 0.3) is 0 Å². The molecule has 2 heterocycles. The lowest BCUT2D eigenvalue weighted by atomic mass is 9.93. The molecular weight excluding hydrogens is 351 g/mol. The average Bonchev–Trinajstić information content (AvgIpc) is 3.10. The summed E-state index contributed by atoms with van der Waals surface area (Å²) in [6.07, 6.45) is 2.40. The summed E-state index contributed by atoms with van der Waals surface area (Å²) in [5.74, 6) is -0.584. The van der Waals surface area contributed by atoms with Crippen LogP contribution in [0.1, 0.15) is 29.0 Å². The summed E-state index contributed by atoms with van der Waals surface area (Å²) in [6, 6.07) is 8.05. The van der Waals surface area contributed by atoms with Gasteiger partial charge in [0.05, 0.1) is 6.04 Å². The Morgan fingerprint density at radius 2 is 2.08 bits per heavy atom. The molecule has 0 radical (unpaired) electrons. The fraction of sp³-hybridized carbons (Fsp3) is 0.300. The van der Waals surface area contributed by atoms with Crippen molar-refractivity contribution >= 4 is 23.2 Å². The molecule has 1 aromatic heterocycles. The van der Waals surface area contributed by atoms with E-state index >= 15 is 0 Å². The van der Waals surface area contributed by atoms with E-state index in [1.54, 1.807) is 34.4 Å². The normalized spacial score (nSPS) is 16.1. The topological polar surface area (TPSA) is 40.6 Å². The van der Waals surface area contributed by atoms with Crippen LogP contribution in [0.5, 0.6) is 0 Å². The molecule has 4 nitrogen and oxygen atoms in total. The largest absolute Gasteiger partial charge is 0.330 e. The maximum absolute atomic E-state index is 13.4. The number of fused-ring (bicyclic) bond motifs is 1. The second kappa shape index (κ2) is 7.83. The van der Waals surface area contributed by atoms with Crippen LogP contribution in [0.3, 0.4) is 0 Å². The molecule has 6 heteroatoms. The van der Waals surface area contributed by atoms with Gasteiger partial charge in [-0.15, -0.1) is 17.9 Å². The standard InChI is InChI=1S/C20H21FN2O2S/c1-3-10-22(14(2)24)13-19(25)23-11-8-18-17(9-12-26-18)20(23)15-4-6-16(21)7-5-15/h3-7,9,12,20H,1,8,10-11,13H2,2H3. The zero-order valence-corrected chi connectivity index (χ0v) is 15.5. The van der Waals surface area contributed by atoms with Gasteiger partial charge in [0.2, 0.25) is 11.8 Å². The smallest absolute Gasteiger partial charge is 0.243 e. The number of hydrogen-bond donors (Lipinski definition) is 0. The number of benzene rings is 1. The Labute approximate surface area is 156 Å². The van der Waals surface area contributed by atoms with Crippen LogP contribution in [0, 0.1) is 5.82 Å². The highest BCUT2D eigenvalue weighted by Crippen LogP contribution is 2.37. The zero-order valence-electron chi connectivity index (χ0n) is 14.7. The number of rotatable bonds is 5. The highest BCUT2D eigenvalue weighted by Gasteiger charge is 2.33. The van der Waals surface area contributed by atoms with Gasteiger partial charge in [-0.2, -0.15) is 0 Å². The minimum atomic E-state index is -0.304. The molecule has 1 atom stereocenters. The highest BCUT2D eigenvalue weighted by molar-refractivity contribution is 7.10. The third kappa shape index (κ3) is 3.70. The summed E-state index contributed by atoms with van der Waals surface area (Å²) in [7, 11) is 0. The predicted octanol–water partition coefficient (Wildman–Crippen LogP) is 3.40. The SMILES string of the molecule is C=CCN(CC(=O)N1CCc2sccc2C1c1ccc(F)cc1)C(C)=O. The molecule has 0 bridgehead atoms. The van der Waals surface area contributed by atoms with E-state index in [-0.39, 0.29) is 30.2 Å². The van der Waals surface area contributed by atoms with E-state index in [2.05, 4.69) is 6.58 Å². The van der Waals surface area contributed by atoms with Crippen LogP contribution >= 0.6 is 11.3 Å². The monoisotopic (exact) mass is 372 g/mol. The van der Waals surface area contributed by atoms with Crippen molar-refractivity contribution in [1.82, 2.24) is 9.80 Å². The van der Waals surface area contributed by atoms with Gasteiger partial charge in [0, 0.05) is 24.9 Å². The summed E-state index contributed by atoms with van der Waals surface area (Å²) in [5.41, 5.74) is 1.96. The average molecular weight is 372 g/mol. The number of amides is 2. The van der Waals surface area contributed by atoms with Crippen molar-refractivity contribution in [2.75, 3.05) is 19.6 Å². The van der Waals surface area contributed by atoms with E-state index in [9.17, 15) is 14.0 Å². The van der Waals surface area contributed by atoms with Crippen molar-refractivity contribution < 1.29 is 14.0 Å². The Bertz CT molecular complexity index is 815. The van der Waals surface area contributed by atoms with E-state index in [0.29, 0.717) is 13.1 Å². The van der Waals surface area contributed by atoms with Gasteiger partial charge in [-0.05, 0) is 41.1 Å². The number of nitrogens with zero attached hydrogens (tertiary/aromatic N) is 2. The van der Waals surface area contributed by atoms with E-state index in [4.69, 9.17) is 0 Å². The molecule has 1 aliphatic rings.